The van der Waals surface area contributed by atoms with Crippen molar-refractivity contribution in [2.75, 3.05) is 30.3 Å². The van der Waals surface area contributed by atoms with Gasteiger partial charge in [0.05, 0.1) is 16.1 Å². The number of anilines is 1. The zero-order valence-corrected chi connectivity index (χ0v) is 35.7. The van der Waals surface area contributed by atoms with Gasteiger partial charge in [-0.3, -0.25) is 23.5 Å². The second-order valence-corrected chi connectivity index (χ2v) is 18.8. The van der Waals surface area contributed by atoms with Gasteiger partial charge in [0.15, 0.2) is 5.71 Å². The SMILES string of the molecule is CCN1/C(=C/C=C/C=C/C2=[N+](CCCCS(=O)(=O)O)c3ccc(C(=O)NCCCCCC(=O)ON4C(=O)CCC4=O)cc3C2(C)C)C(C)(C)c2cc(S(=O)(=O)O)ccc21. The van der Waals surface area contributed by atoms with Gasteiger partial charge in [0.25, 0.3) is 38.0 Å². The zero-order valence-electron chi connectivity index (χ0n) is 34.1. The number of nitrogens with one attached hydrogen (secondary N) is 1. The number of hydrogen-bond donors (Lipinski definition) is 3. The molecule has 3 amide bonds. The highest BCUT2D eigenvalue weighted by atomic mass is 32.2. The first-order valence-electron chi connectivity index (χ1n) is 19.7. The number of fused-ring (bicyclic) bond motifs is 2. The Bertz CT molecular complexity index is 2340. The predicted octanol–water partition coefficient (Wildman–Crippen LogP) is 5.69. The molecule has 3 heterocycles. The molecular weight excluding hydrogens is 801 g/mol. The van der Waals surface area contributed by atoms with Crippen LogP contribution in [-0.2, 0) is 50.3 Å². The molecule has 5 rings (SSSR count). The summed E-state index contributed by atoms with van der Waals surface area (Å²) in [6, 6.07) is 10.1. The van der Waals surface area contributed by atoms with Crippen LogP contribution in [0, 0.1) is 0 Å². The van der Waals surface area contributed by atoms with Crippen LogP contribution >= 0.6 is 0 Å². The van der Waals surface area contributed by atoms with Crippen molar-refractivity contribution >= 4 is 61.0 Å². The van der Waals surface area contributed by atoms with Crippen molar-refractivity contribution in [3.8, 4) is 0 Å². The van der Waals surface area contributed by atoms with Gasteiger partial charge < -0.3 is 15.1 Å². The maximum atomic E-state index is 13.3. The van der Waals surface area contributed by atoms with Gasteiger partial charge in [0, 0.05) is 78.8 Å². The van der Waals surface area contributed by atoms with Gasteiger partial charge in [-0.05, 0) is 82.0 Å². The number of imide groups is 1. The highest BCUT2D eigenvalue weighted by Gasteiger charge is 2.45. The number of unbranched alkanes of at least 4 members (excludes halogenated alkanes) is 3. The summed E-state index contributed by atoms with van der Waals surface area (Å²) in [6.07, 6.45) is 12.2. The Balaban J connectivity index is 1.27. The summed E-state index contributed by atoms with van der Waals surface area (Å²) in [5.41, 5.74) is 4.67. The molecule has 3 aliphatic heterocycles. The Labute approximate surface area is 345 Å². The fraction of sp³-hybridized carbons (Fsp3) is 0.452. The molecule has 3 N–H and O–H groups in total. The molecule has 15 nitrogen and oxygen atoms in total. The van der Waals surface area contributed by atoms with E-state index in [1.807, 2.05) is 63.3 Å². The Morgan fingerprint density at radius 3 is 2.24 bits per heavy atom. The lowest BCUT2D eigenvalue weighted by molar-refractivity contribution is -0.438. The van der Waals surface area contributed by atoms with Crippen LogP contribution in [0.15, 0.2) is 77.4 Å². The van der Waals surface area contributed by atoms with Crippen molar-refractivity contribution in [1.82, 2.24) is 10.4 Å². The van der Waals surface area contributed by atoms with Crippen LogP contribution in [0.4, 0.5) is 11.4 Å². The first-order chi connectivity index (χ1) is 27.7. The lowest BCUT2D eigenvalue weighted by Crippen LogP contribution is -2.32. The first kappa shape index (κ1) is 45.1. The van der Waals surface area contributed by atoms with E-state index in [1.54, 1.807) is 12.1 Å². The van der Waals surface area contributed by atoms with Crippen LogP contribution in [0.1, 0.15) is 107 Å². The number of amides is 3. The van der Waals surface area contributed by atoms with Crippen LogP contribution in [-0.4, -0.2) is 90.4 Å². The van der Waals surface area contributed by atoms with Crippen molar-refractivity contribution < 1.29 is 54.5 Å². The topological polar surface area (TPSA) is 208 Å². The van der Waals surface area contributed by atoms with Gasteiger partial charge in [0.2, 0.25) is 5.69 Å². The molecule has 17 heteroatoms. The molecule has 1 saturated heterocycles. The second-order valence-electron chi connectivity index (χ2n) is 15.8. The third-order valence-electron chi connectivity index (χ3n) is 10.9. The summed E-state index contributed by atoms with van der Waals surface area (Å²) in [5, 5.41) is 3.46. The molecule has 0 aromatic heterocycles. The summed E-state index contributed by atoms with van der Waals surface area (Å²) in [5.74, 6) is -2.33. The number of rotatable bonds is 18. The maximum absolute atomic E-state index is 13.3. The van der Waals surface area contributed by atoms with E-state index in [0.29, 0.717) is 55.9 Å². The molecule has 318 valence electrons. The van der Waals surface area contributed by atoms with Crippen molar-refractivity contribution in [3.05, 3.63) is 89.2 Å². The summed E-state index contributed by atoms with van der Waals surface area (Å²) in [6.45, 7) is 11.6. The summed E-state index contributed by atoms with van der Waals surface area (Å²) in [4.78, 5) is 55.5. The molecule has 0 spiro atoms. The molecule has 2 aromatic carbocycles. The molecule has 0 atom stereocenters. The van der Waals surface area contributed by atoms with E-state index in [1.165, 1.54) is 12.1 Å². The minimum atomic E-state index is -4.37. The van der Waals surface area contributed by atoms with Crippen LogP contribution in [0.5, 0.6) is 0 Å². The van der Waals surface area contributed by atoms with Gasteiger partial charge in [-0.15, -0.1) is 5.06 Å². The van der Waals surface area contributed by atoms with Crippen LogP contribution in [0.2, 0.25) is 0 Å². The third kappa shape index (κ3) is 10.4. The number of hydrogen-bond acceptors (Lipinski definition) is 10. The monoisotopic (exact) mass is 853 g/mol. The summed E-state index contributed by atoms with van der Waals surface area (Å²) < 4.78 is 67.7. The van der Waals surface area contributed by atoms with E-state index < -0.39 is 48.8 Å². The molecule has 2 aromatic rings. The normalized spacial score (nSPS) is 18.1. The first-order valence-corrected chi connectivity index (χ1v) is 22.8. The molecule has 59 heavy (non-hydrogen) atoms. The summed E-state index contributed by atoms with van der Waals surface area (Å²) >= 11 is 0. The number of carbonyl (C=O) groups is 4. The van der Waals surface area contributed by atoms with Gasteiger partial charge >= 0.3 is 5.97 Å². The fourth-order valence-electron chi connectivity index (χ4n) is 7.81. The molecule has 0 bridgehead atoms. The van der Waals surface area contributed by atoms with E-state index in [2.05, 4.69) is 28.6 Å². The Morgan fingerprint density at radius 1 is 0.864 bits per heavy atom. The van der Waals surface area contributed by atoms with E-state index >= 15 is 0 Å². The van der Waals surface area contributed by atoms with Crippen molar-refractivity contribution in [2.45, 2.75) is 102 Å². The fourth-order valence-corrected chi connectivity index (χ4v) is 8.88. The smallest absolute Gasteiger partial charge is 0.333 e. The lowest BCUT2D eigenvalue weighted by atomic mass is 9.80. The molecule has 0 radical (unpaired) electrons. The van der Waals surface area contributed by atoms with Crippen LogP contribution in [0.25, 0.3) is 0 Å². The largest absolute Gasteiger partial charge is 0.352 e. The van der Waals surface area contributed by atoms with E-state index in [4.69, 9.17) is 4.84 Å². The van der Waals surface area contributed by atoms with Crippen LogP contribution in [0.3, 0.4) is 0 Å². The molecule has 0 unspecified atom stereocenters. The molecule has 0 saturated carbocycles. The predicted molar refractivity (Wildman–Crippen MR) is 222 cm³/mol. The number of likely N-dealkylation sites (N-methyl/N-ethyl adjacent to an activating group) is 1. The van der Waals surface area contributed by atoms with Crippen molar-refractivity contribution in [2.24, 2.45) is 0 Å². The summed E-state index contributed by atoms with van der Waals surface area (Å²) in [7, 11) is -8.48. The minimum absolute atomic E-state index is 0.0304. The van der Waals surface area contributed by atoms with Crippen molar-refractivity contribution in [3.63, 3.8) is 0 Å². The second kappa shape index (κ2) is 18.1. The zero-order chi connectivity index (χ0) is 43.3. The van der Waals surface area contributed by atoms with E-state index in [-0.39, 0.29) is 42.2 Å². The number of allylic oxidation sites excluding steroid dienone is 6. The van der Waals surface area contributed by atoms with Crippen LogP contribution < -0.4 is 10.2 Å². The quantitative estimate of drug-likeness (QED) is 0.0544. The number of benzene rings is 2. The molecular formula is C42H53N4O11S2+. The molecule has 1 fully saturated rings. The average molecular weight is 854 g/mol. The Kier molecular flexibility index (Phi) is 13.9. The number of nitrogens with zero attached hydrogens (tertiary/aromatic N) is 3. The average Bonchev–Trinajstić information content (AvgIpc) is 3.67. The maximum Gasteiger partial charge on any atom is 0.333 e. The Morgan fingerprint density at radius 2 is 1.58 bits per heavy atom. The van der Waals surface area contributed by atoms with Crippen molar-refractivity contribution in [1.29, 1.82) is 0 Å². The highest BCUT2D eigenvalue weighted by Crippen LogP contribution is 2.48. The Hall–Kier alpha value is -4.97. The highest BCUT2D eigenvalue weighted by molar-refractivity contribution is 7.86. The minimum Gasteiger partial charge on any atom is -0.352 e. The van der Waals surface area contributed by atoms with Gasteiger partial charge in [-0.1, -0.05) is 38.5 Å². The number of hydroxylamine groups is 2. The standard InChI is InChI=1S/C42H52N4O11S2/c1-6-44-33-21-19-30(59(54,55)56)28-32(33)42(4,5)35(44)15-9-7-10-16-36-41(2,3)31-27-29(18-20-34(31)45(36)25-13-14-26-58(51,52)53)40(50)43-24-12-8-11-17-39(49)57-46-37(47)22-23-38(46)48/h7,9-10,15-16,18-21,27-28H,6,8,11-14,17,22-26H2,1-5H3,(H2-,43,50,51,52,53,54,55,56)/p+1. The van der Waals surface area contributed by atoms with E-state index in [0.717, 1.165) is 33.9 Å². The third-order valence-corrected chi connectivity index (χ3v) is 12.6. The molecule has 0 aliphatic carbocycles. The lowest BCUT2D eigenvalue weighted by Gasteiger charge is -2.25. The number of carbonyl (C=O) groups excluding carboxylic acids is 4. The van der Waals surface area contributed by atoms with Gasteiger partial charge in [-0.2, -0.15) is 21.4 Å². The van der Waals surface area contributed by atoms with Gasteiger partial charge in [0.1, 0.15) is 6.54 Å². The van der Waals surface area contributed by atoms with Gasteiger partial charge in [-0.25, -0.2) is 4.79 Å². The van der Waals surface area contributed by atoms with E-state index in [9.17, 15) is 45.1 Å². The molecule has 3 aliphatic rings.